The highest BCUT2D eigenvalue weighted by Crippen LogP contribution is 2.47. The zero-order valence-corrected chi connectivity index (χ0v) is 9.14. The Labute approximate surface area is 84.1 Å². The van der Waals surface area contributed by atoms with Gasteiger partial charge in [-0.3, -0.25) is 0 Å². The highest BCUT2D eigenvalue weighted by atomic mass is 16.7. The normalized spacial score (nSPS) is 28.1. The number of carbonyl (C=O) groups excluding carboxylic acids is 1. The first-order valence-electron chi connectivity index (χ1n) is 4.98. The molecule has 0 bridgehead atoms. The summed E-state index contributed by atoms with van der Waals surface area (Å²) in [6, 6.07) is 0. The number of cyclic esters (lactones) is 1. The highest BCUT2D eigenvalue weighted by molar-refractivity contribution is 5.90. The van der Waals surface area contributed by atoms with Gasteiger partial charge in [0.2, 0.25) is 5.79 Å². The second-order valence-electron chi connectivity index (χ2n) is 5.08. The number of hydrogen-bond donors (Lipinski definition) is 0. The lowest BCUT2D eigenvalue weighted by Gasteiger charge is -2.35. The fraction of sp³-hybridized carbons (Fsp3) is 0.727. The summed E-state index contributed by atoms with van der Waals surface area (Å²) in [6.07, 6.45) is 1.74. The van der Waals surface area contributed by atoms with Crippen LogP contribution in [0.1, 0.15) is 40.5 Å². The predicted molar refractivity (Wildman–Crippen MR) is 51.3 cm³/mol. The van der Waals surface area contributed by atoms with Gasteiger partial charge in [-0.1, -0.05) is 13.8 Å². The van der Waals surface area contributed by atoms with Gasteiger partial charge < -0.3 is 9.47 Å². The molecule has 3 nitrogen and oxygen atoms in total. The van der Waals surface area contributed by atoms with Crippen LogP contribution < -0.4 is 0 Å². The van der Waals surface area contributed by atoms with Crippen molar-refractivity contribution in [3.05, 3.63) is 11.3 Å². The van der Waals surface area contributed by atoms with Gasteiger partial charge >= 0.3 is 5.97 Å². The van der Waals surface area contributed by atoms with E-state index < -0.39 is 5.79 Å². The van der Waals surface area contributed by atoms with E-state index in [4.69, 9.17) is 9.47 Å². The van der Waals surface area contributed by atoms with Crippen LogP contribution >= 0.6 is 0 Å². The van der Waals surface area contributed by atoms with Crippen molar-refractivity contribution in [3.8, 4) is 0 Å². The largest absolute Gasteiger partial charge is 0.456 e. The number of hydrogen-bond acceptors (Lipinski definition) is 3. The van der Waals surface area contributed by atoms with Gasteiger partial charge in [0.15, 0.2) is 0 Å². The molecule has 0 N–H and O–H groups in total. The molecule has 1 heterocycles. The zero-order chi connectivity index (χ0) is 10.6. The van der Waals surface area contributed by atoms with Crippen LogP contribution in [0.4, 0.5) is 0 Å². The minimum absolute atomic E-state index is 0.0218. The summed E-state index contributed by atoms with van der Waals surface area (Å²) in [5, 5.41) is 0. The number of esters is 1. The first-order chi connectivity index (χ1) is 6.32. The molecule has 14 heavy (non-hydrogen) atoms. The molecule has 1 aliphatic heterocycles. The molecule has 0 saturated carbocycles. The third-order valence-electron chi connectivity index (χ3n) is 2.82. The summed E-state index contributed by atoms with van der Waals surface area (Å²) in [6.45, 7) is 7.74. The van der Waals surface area contributed by atoms with Gasteiger partial charge in [0.1, 0.15) is 5.76 Å². The molecule has 0 atom stereocenters. The third-order valence-corrected chi connectivity index (χ3v) is 2.82. The van der Waals surface area contributed by atoms with Crippen molar-refractivity contribution in [1.82, 2.24) is 0 Å². The smallest absolute Gasteiger partial charge is 0.340 e. The number of carbonyl (C=O) groups is 1. The molecule has 78 valence electrons. The van der Waals surface area contributed by atoms with E-state index in [1.165, 1.54) is 0 Å². The second kappa shape index (κ2) is 2.53. The summed E-state index contributed by atoms with van der Waals surface area (Å²) in [4.78, 5) is 11.6. The Morgan fingerprint density at radius 2 is 1.79 bits per heavy atom. The second-order valence-corrected chi connectivity index (χ2v) is 5.08. The van der Waals surface area contributed by atoms with Crippen LogP contribution in [0, 0.1) is 5.41 Å². The van der Waals surface area contributed by atoms with Crippen LogP contribution in [0.15, 0.2) is 11.3 Å². The molecule has 0 radical (unpaired) electrons. The van der Waals surface area contributed by atoms with E-state index in [0.717, 1.165) is 24.2 Å². The van der Waals surface area contributed by atoms with Crippen LogP contribution in [0.3, 0.4) is 0 Å². The molecular weight excluding hydrogens is 180 g/mol. The van der Waals surface area contributed by atoms with Crippen molar-refractivity contribution in [2.45, 2.75) is 46.3 Å². The SMILES string of the molecule is CC1(C)OC(=O)C2=C(O1)C(C)(C)CC2. The predicted octanol–water partition coefficient (Wildman–Crippen LogP) is 2.37. The maximum absolute atomic E-state index is 11.6. The molecule has 0 unspecified atom stereocenters. The molecular formula is C11H16O3. The summed E-state index contributed by atoms with van der Waals surface area (Å²) < 4.78 is 10.9. The molecule has 0 amide bonds. The topological polar surface area (TPSA) is 35.5 Å². The lowest BCUT2D eigenvalue weighted by atomic mass is 9.91. The highest BCUT2D eigenvalue weighted by Gasteiger charge is 2.45. The maximum atomic E-state index is 11.6. The Morgan fingerprint density at radius 1 is 1.14 bits per heavy atom. The molecule has 2 aliphatic rings. The molecule has 0 aromatic heterocycles. The van der Waals surface area contributed by atoms with Gasteiger partial charge in [0.05, 0.1) is 5.57 Å². The van der Waals surface area contributed by atoms with Crippen LogP contribution in [-0.2, 0) is 14.3 Å². The van der Waals surface area contributed by atoms with E-state index in [0.29, 0.717) is 0 Å². The number of ether oxygens (including phenoxy) is 2. The first kappa shape index (κ1) is 9.56. The summed E-state index contributed by atoms with van der Waals surface area (Å²) in [7, 11) is 0. The maximum Gasteiger partial charge on any atom is 0.340 e. The third kappa shape index (κ3) is 1.31. The van der Waals surface area contributed by atoms with Gasteiger partial charge in [-0.15, -0.1) is 0 Å². The van der Waals surface area contributed by atoms with E-state index in [2.05, 4.69) is 13.8 Å². The number of allylic oxidation sites excluding steroid dienone is 1. The van der Waals surface area contributed by atoms with Crippen molar-refractivity contribution in [1.29, 1.82) is 0 Å². The standard InChI is InChI=1S/C11H16O3/c1-10(2)6-5-7-8(10)13-11(3,4)14-9(7)12/h5-6H2,1-4H3. The van der Waals surface area contributed by atoms with E-state index >= 15 is 0 Å². The van der Waals surface area contributed by atoms with Gasteiger partial charge in [0, 0.05) is 19.3 Å². The lowest BCUT2D eigenvalue weighted by molar-refractivity contribution is -0.211. The first-order valence-corrected chi connectivity index (χ1v) is 4.98. The van der Waals surface area contributed by atoms with E-state index in [1.807, 2.05) is 0 Å². The van der Waals surface area contributed by atoms with Crippen LogP contribution in [0.2, 0.25) is 0 Å². The zero-order valence-electron chi connectivity index (χ0n) is 9.14. The molecule has 0 aromatic carbocycles. The van der Waals surface area contributed by atoms with Gasteiger partial charge in [0.25, 0.3) is 0 Å². The van der Waals surface area contributed by atoms with Crippen molar-refractivity contribution in [3.63, 3.8) is 0 Å². The van der Waals surface area contributed by atoms with Gasteiger partial charge in [-0.25, -0.2) is 4.79 Å². The lowest BCUT2D eigenvalue weighted by Crippen LogP contribution is -2.38. The van der Waals surface area contributed by atoms with E-state index in [1.54, 1.807) is 13.8 Å². The van der Waals surface area contributed by atoms with Gasteiger partial charge in [-0.05, 0) is 12.8 Å². The summed E-state index contributed by atoms with van der Waals surface area (Å²) in [5.41, 5.74) is 0.709. The minimum atomic E-state index is -0.808. The minimum Gasteiger partial charge on any atom is -0.456 e. The van der Waals surface area contributed by atoms with Gasteiger partial charge in [-0.2, -0.15) is 0 Å². The molecule has 0 fully saturated rings. The van der Waals surface area contributed by atoms with Crippen molar-refractivity contribution in [2.24, 2.45) is 5.41 Å². The molecule has 1 aliphatic carbocycles. The fourth-order valence-electron chi connectivity index (χ4n) is 2.02. The average molecular weight is 196 g/mol. The van der Waals surface area contributed by atoms with Crippen LogP contribution in [0.25, 0.3) is 0 Å². The molecule has 3 heteroatoms. The quantitative estimate of drug-likeness (QED) is 0.558. The Balaban J connectivity index is 2.42. The van der Waals surface area contributed by atoms with Crippen molar-refractivity contribution in [2.75, 3.05) is 0 Å². The molecule has 0 aromatic rings. The summed E-state index contributed by atoms with van der Waals surface area (Å²) in [5.74, 6) is -0.182. The molecule has 2 rings (SSSR count). The Hall–Kier alpha value is -0.990. The average Bonchev–Trinajstić information content (AvgIpc) is 2.25. The Morgan fingerprint density at radius 3 is 2.43 bits per heavy atom. The van der Waals surface area contributed by atoms with Crippen LogP contribution in [-0.4, -0.2) is 11.8 Å². The molecule has 0 spiro atoms. The monoisotopic (exact) mass is 196 g/mol. The number of rotatable bonds is 0. The van der Waals surface area contributed by atoms with E-state index in [9.17, 15) is 4.79 Å². The Kier molecular flexibility index (Phi) is 1.72. The fourth-order valence-corrected chi connectivity index (χ4v) is 2.02. The summed E-state index contributed by atoms with van der Waals surface area (Å²) >= 11 is 0. The van der Waals surface area contributed by atoms with Crippen molar-refractivity contribution < 1.29 is 14.3 Å². The molecule has 0 saturated heterocycles. The van der Waals surface area contributed by atoms with E-state index in [-0.39, 0.29) is 11.4 Å². The Bertz CT molecular complexity index is 323. The van der Waals surface area contributed by atoms with Crippen molar-refractivity contribution >= 4 is 5.97 Å². The van der Waals surface area contributed by atoms with Crippen LogP contribution in [0.5, 0.6) is 0 Å².